The quantitative estimate of drug-likeness (QED) is 0.728. The number of nitrogens with one attached hydrogen (secondary N) is 2. The van der Waals surface area contributed by atoms with Crippen molar-refractivity contribution in [2.45, 2.75) is 39.4 Å². The Bertz CT molecular complexity index is 887. The average molecular weight is 410 g/mol. The van der Waals surface area contributed by atoms with Crippen LogP contribution in [-0.4, -0.2) is 34.6 Å². The number of amides is 2. The fraction of sp³-hybridized carbons (Fsp3) is 0.368. The van der Waals surface area contributed by atoms with Crippen LogP contribution in [0.5, 0.6) is 5.88 Å². The van der Waals surface area contributed by atoms with Crippen LogP contribution in [0.4, 0.5) is 19.0 Å². The number of pyridine rings is 2. The van der Waals surface area contributed by atoms with Crippen molar-refractivity contribution in [3.63, 3.8) is 0 Å². The molecule has 0 saturated heterocycles. The van der Waals surface area contributed by atoms with Gasteiger partial charge in [0.2, 0.25) is 11.8 Å². The Hall–Kier alpha value is -3.17. The summed E-state index contributed by atoms with van der Waals surface area (Å²) < 4.78 is 41.8. The van der Waals surface area contributed by atoms with Gasteiger partial charge in [0.15, 0.2) is 6.61 Å². The number of alkyl halides is 3. The summed E-state index contributed by atoms with van der Waals surface area (Å²) in [6, 6.07) is 5.39. The summed E-state index contributed by atoms with van der Waals surface area (Å²) in [7, 11) is 0. The van der Waals surface area contributed by atoms with E-state index in [4.69, 9.17) is 4.74 Å². The first-order chi connectivity index (χ1) is 13.6. The molecule has 2 aromatic rings. The summed E-state index contributed by atoms with van der Waals surface area (Å²) in [6.45, 7) is 3.54. The molecule has 0 saturated carbocycles. The van der Waals surface area contributed by atoms with Gasteiger partial charge in [0, 0.05) is 29.9 Å². The zero-order chi connectivity index (χ0) is 21.6. The highest BCUT2D eigenvalue weighted by Gasteiger charge is 2.28. The number of aryl methyl sites for hydroxylation is 1. The summed E-state index contributed by atoms with van der Waals surface area (Å²) in [6.07, 6.45) is -2.81. The van der Waals surface area contributed by atoms with Gasteiger partial charge in [0.1, 0.15) is 5.82 Å². The van der Waals surface area contributed by atoms with Crippen molar-refractivity contribution < 1.29 is 27.5 Å². The van der Waals surface area contributed by atoms with Gasteiger partial charge in [0.25, 0.3) is 5.91 Å². The molecule has 0 fully saturated rings. The molecule has 2 heterocycles. The van der Waals surface area contributed by atoms with Crippen LogP contribution in [0.25, 0.3) is 0 Å². The van der Waals surface area contributed by atoms with Crippen LogP contribution in [-0.2, 0) is 4.79 Å². The molecule has 0 spiro atoms. The molecule has 10 heteroatoms. The van der Waals surface area contributed by atoms with Gasteiger partial charge in [-0.1, -0.05) is 6.92 Å². The van der Waals surface area contributed by atoms with Crippen LogP contribution < -0.4 is 15.4 Å². The van der Waals surface area contributed by atoms with E-state index < -0.39 is 24.7 Å². The third-order valence-corrected chi connectivity index (χ3v) is 3.79. The molecule has 2 N–H and O–H groups in total. The maximum atomic E-state index is 12.5. The highest BCUT2D eigenvalue weighted by Crippen LogP contribution is 2.22. The molecule has 0 bridgehead atoms. The number of anilines is 1. The smallest absolute Gasteiger partial charge is 0.422 e. The molecule has 29 heavy (non-hydrogen) atoms. The maximum Gasteiger partial charge on any atom is 0.422 e. The lowest BCUT2D eigenvalue weighted by atomic mass is 10.1. The minimum absolute atomic E-state index is 0.174. The predicted molar refractivity (Wildman–Crippen MR) is 99.6 cm³/mol. The van der Waals surface area contributed by atoms with Crippen molar-refractivity contribution in [3.05, 3.63) is 47.3 Å². The zero-order valence-electron chi connectivity index (χ0n) is 16.1. The fourth-order valence-corrected chi connectivity index (χ4v) is 2.38. The minimum Gasteiger partial charge on any atom is -0.468 e. The van der Waals surface area contributed by atoms with Crippen molar-refractivity contribution in [1.82, 2.24) is 15.3 Å². The highest BCUT2D eigenvalue weighted by atomic mass is 19.4. The van der Waals surface area contributed by atoms with Crippen molar-refractivity contribution in [2.24, 2.45) is 0 Å². The second-order valence-electron chi connectivity index (χ2n) is 6.31. The molecule has 1 atom stereocenters. The van der Waals surface area contributed by atoms with E-state index in [1.165, 1.54) is 24.4 Å². The van der Waals surface area contributed by atoms with Gasteiger partial charge < -0.3 is 15.4 Å². The second-order valence-corrected chi connectivity index (χ2v) is 6.31. The van der Waals surface area contributed by atoms with Gasteiger partial charge in [-0.05, 0) is 37.6 Å². The van der Waals surface area contributed by atoms with Gasteiger partial charge >= 0.3 is 6.18 Å². The molecule has 0 aromatic carbocycles. The number of carbonyl (C=O) groups excluding carboxylic acids is 2. The van der Waals surface area contributed by atoms with Crippen molar-refractivity contribution in [2.75, 3.05) is 11.9 Å². The number of halogens is 3. The Kier molecular flexibility index (Phi) is 7.13. The van der Waals surface area contributed by atoms with E-state index in [1.807, 2.05) is 0 Å². The third kappa shape index (κ3) is 7.05. The van der Waals surface area contributed by atoms with Crippen molar-refractivity contribution in [1.29, 1.82) is 0 Å². The highest BCUT2D eigenvalue weighted by molar-refractivity contribution is 5.96. The van der Waals surface area contributed by atoms with E-state index in [-0.39, 0.29) is 29.6 Å². The van der Waals surface area contributed by atoms with Crippen LogP contribution in [0.3, 0.4) is 0 Å². The Morgan fingerprint density at radius 1 is 1.24 bits per heavy atom. The number of rotatable bonds is 7. The van der Waals surface area contributed by atoms with E-state index in [9.17, 15) is 22.8 Å². The lowest BCUT2D eigenvalue weighted by molar-refractivity contribution is -0.154. The van der Waals surface area contributed by atoms with E-state index in [2.05, 4.69) is 20.6 Å². The van der Waals surface area contributed by atoms with Gasteiger partial charge in [-0.25, -0.2) is 9.97 Å². The number of ether oxygens (including phenoxy) is 1. The molecule has 7 nitrogen and oxygen atoms in total. The summed E-state index contributed by atoms with van der Waals surface area (Å²) in [5, 5.41) is 5.32. The number of nitrogens with zero attached hydrogens (tertiary/aromatic N) is 2. The second kappa shape index (κ2) is 9.35. The summed E-state index contributed by atoms with van der Waals surface area (Å²) in [5.41, 5.74) is 1.27. The maximum absolute atomic E-state index is 12.5. The van der Waals surface area contributed by atoms with Gasteiger partial charge in [-0.3, -0.25) is 9.59 Å². The molecular weight excluding hydrogens is 389 g/mol. The predicted octanol–water partition coefficient (Wildman–Crippen LogP) is 3.57. The normalized spacial score (nSPS) is 12.2. The Labute approximate surface area is 165 Å². The minimum atomic E-state index is -4.47. The number of aromatic nitrogens is 2. The van der Waals surface area contributed by atoms with E-state index in [0.717, 1.165) is 0 Å². The zero-order valence-corrected chi connectivity index (χ0v) is 16.1. The van der Waals surface area contributed by atoms with Crippen LogP contribution in [0, 0.1) is 6.92 Å². The molecule has 2 aromatic heterocycles. The Morgan fingerprint density at radius 2 is 1.97 bits per heavy atom. The van der Waals surface area contributed by atoms with E-state index >= 15 is 0 Å². The summed E-state index contributed by atoms with van der Waals surface area (Å²) in [5.74, 6) is -0.590. The van der Waals surface area contributed by atoms with Crippen molar-refractivity contribution in [3.8, 4) is 5.88 Å². The number of hydrogen-bond acceptors (Lipinski definition) is 5. The molecule has 2 rings (SSSR count). The molecule has 0 aliphatic rings. The molecule has 0 aliphatic carbocycles. The molecule has 0 radical (unpaired) electrons. The fourth-order valence-electron chi connectivity index (χ4n) is 2.38. The summed E-state index contributed by atoms with van der Waals surface area (Å²) >= 11 is 0. The number of hydrogen-bond donors (Lipinski definition) is 2. The Balaban J connectivity index is 2.10. The van der Waals surface area contributed by atoms with Gasteiger partial charge in [-0.2, -0.15) is 13.2 Å². The molecule has 156 valence electrons. The first-order valence-corrected chi connectivity index (χ1v) is 8.82. The van der Waals surface area contributed by atoms with Gasteiger partial charge in [0.05, 0.1) is 6.04 Å². The first-order valence-electron chi connectivity index (χ1n) is 8.82. The SMILES string of the molecule is CCC(=O)Nc1cc(C(=O)NC(C)c2cc(C)nc(OCC(F)(F)F)c2)ccn1. The lowest BCUT2D eigenvalue weighted by Gasteiger charge is -2.17. The van der Waals surface area contributed by atoms with Crippen LogP contribution in [0.15, 0.2) is 30.5 Å². The summed E-state index contributed by atoms with van der Waals surface area (Å²) in [4.78, 5) is 31.9. The van der Waals surface area contributed by atoms with E-state index in [0.29, 0.717) is 11.3 Å². The van der Waals surface area contributed by atoms with Crippen molar-refractivity contribution >= 4 is 17.6 Å². The number of carbonyl (C=O) groups is 2. The first kappa shape index (κ1) is 22.1. The van der Waals surface area contributed by atoms with Crippen LogP contribution in [0.1, 0.15) is 47.9 Å². The van der Waals surface area contributed by atoms with Gasteiger partial charge in [-0.15, -0.1) is 0 Å². The average Bonchev–Trinajstić information content (AvgIpc) is 2.65. The topological polar surface area (TPSA) is 93.2 Å². The van der Waals surface area contributed by atoms with E-state index in [1.54, 1.807) is 26.8 Å². The molecule has 2 amide bonds. The monoisotopic (exact) mass is 410 g/mol. The molecule has 0 aliphatic heterocycles. The lowest BCUT2D eigenvalue weighted by Crippen LogP contribution is -2.27. The Morgan fingerprint density at radius 3 is 2.62 bits per heavy atom. The third-order valence-electron chi connectivity index (χ3n) is 3.79. The van der Waals surface area contributed by atoms with Crippen LogP contribution in [0.2, 0.25) is 0 Å². The largest absolute Gasteiger partial charge is 0.468 e. The standard InChI is InChI=1S/C19H21F3N4O3/c1-4-16(27)26-15-8-13(5-6-23-15)18(28)25-12(3)14-7-11(2)24-17(9-14)29-10-19(20,21)22/h5-9,12H,4,10H2,1-3H3,(H,25,28)(H,23,26,27). The molecular formula is C19H21F3N4O3. The van der Waals surface area contributed by atoms with Crippen LogP contribution >= 0.6 is 0 Å². The molecule has 1 unspecified atom stereocenters.